The monoisotopic (exact) mass is 505 g/mol. The van der Waals surface area contributed by atoms with Crippen LogP contribution in [0.25, 0.3) is 22.1 Å². The van der Waals surface area contributed by atoms with Gasteiger partial charge in [-0.2, -0.15) is 0 Å². The fraction of sp³-hybridized carbons (Fsp3) is 0.185. The molecule has 0 aliphatic heterocycles. The van der Waals surface area contributed by atoms with Gasteiger partial charge in [0.2, 0.25) is 0 Å². The van der Waals surface area contributed by atoms with E-state index in [0.717, 1.165) is 16.7 Å². The molecule has 1 amide bonds. The van der Waals surface area contributed by atoms with Crippen LogP contribution in [0, 0.1) is 6.92 Å². The molecule has 0 spiro atoms. The fourth-order valence-electron chi connectivity index (χ4n) is 3.71. The summed E-state index contributed by atoms with van der Waals surface area (Å²) in [7, 11) is 0. The summed E-state index contributed by atoms with van der Waals surface area (Å²) in [5.74, 6) is -1.76. The van der Waals surface area contributed by atoms with E-state index in [1.54, 1.807) is 63.2 Å². The first-order valence-corrected chi connectivity index (χ1v) is 12.1. The normalized spacial score (nSPS) is 10.8. The standard InChI is InChI=1S/C27H23NO7S/c1-4-33-26(31)21-15(3)22(27(32)34-5-2)36-24(21)28-23(29)18-11-8-10-16(13-18)19-14-17-9-6-7-12-20(17)35-25(19)30/h6-14H,4-5H2,1-3H3,(H,28,29). The molecule has 0 bridgehead atoms. The number of hydrogen-bond acceptors (Lipinski definition) is 8. The van der Waals surface area contributed by atoms with Crippen molar-refractivity contribution in [1.82, 2.24) is 0 Å². The highest BCUT2D eigenvalue weighted by Crippen LogP contribution is 2.35. The number of rotatable bonds is 7. The van der Waals surface area contributed by atoms with E-state index in [1.807, 2.05) is 12.1 Å². The van der Waals surface area contributed by atoms with Gasteiger partial charge in [0.25, 0.3) is 5.91 Å². The van der Waals surface area contributed by atoms with Gasteiger partial charge in [0.15, 0.2) is 0 Å². The van der Waals surface area contributed by atoms with E-state index >= 15 is 0 Å². The Bertz CT molecular complexity index is 1530. The van der Waals surface area contributed by atoms with Crippen LogP contribution in [0.1, 0.15) is 49.8 Å². The number of fused-ring (bicyclic) bond motifs is 1. The molecule has 0 fully saturated rings. The number of thiophene rings is 1. The van der Waals surface area contributed by atoms with Crippen molar-refractivity contribution in [2.45, 2.75) is 20.8 Å². The van der Waals surface area contributed by atoms with Crippen molar-refractivity contribution in [2.24, 2.45) is 0 Å². The maximum atomic E-state index is 13.2. The molecule has 4 rings (SSSR count). The number of carbonyl (C=O) groups is 3. The van der Waals surface area contributed by atoms with Gasteiger partial charge in [-0.3, -0.25) is 4.79 Å². The lowest BCUT2D eigenvalue weighted by Crippen LogP contribution is -2.15. The maximum absolute atomic E-state index is 13.2. The molecule has 0 unspecified atom stereocenters. The molecule has 2 aromatic carbocycles. The molecule has 0 atom stereocenters. The van der Waals surface area contributed by atoms with Crippen LogP contribution in [0.2, 0.25) is 0 Å². The first-order valence-electron chi connectivity index (χ1n) is 11.3. The number of nitrogens with one attached hydrogen (secondary N) is 1. The zero-order valence-electron chi connectivity index (χ0n) is 19.9. The van der Waals surface area contributed by atoms with E-state index in [-0.39, 0.29) is 34.2 Å². The van der Waals surface area contributed by atoms with Gasteiger partial charge in [-0.15, -0.1) is 11.3 Å². The minimum Gasteiger partial charge on any atom is -0.462 e. The highest BCUT2D eigenvalue weighted by molar-refractivity contribution is 7.18. The second-order valence-electron chi connectivity index (χ2n) is 7.72. The lowest BCUT2D eigenvalue weighted by Gasteiger charge is -2.08. The minimum atomic E-state index is -0.653. The van der Waals surface area contributed by atoms with Crippen molar-refractivity contribution in [3.05, 3.63) is 86.6 Å². The molecule has 0 aliphatic rings. The van der Waals surface area contributed by atoms with Crippen LogP contribution in [-0.4, -0.2) is 31.1 Å². The Kier molecular flexibility index (Phi) is 7.30. The molecule has 2 heterocycles. The molecule has 4 aromatic rings. The summed E-state index contributed by atoms with van der Waals surface area (Å²) < 4.78 is 15.6. The first kappa shape index (κ1) is 24.9. The van der Waals surface area contributed by atoms with E-state index < -0.39 is 23.5 Å². The summed E-state index contributed by atoms with van der Waals surface area (Å²) in [5, 5.41) is 3.64. The van der Waals surface area contributed by atoms with Gasteiger partial charge in [0, 0.05) is 10.9 Å². The van der Waals surface area contributed by atoms with Crippen LogP contribution in [-0.2, 0) is 9.47 Å². The van der Waals surface area contributed by atoms with E-state index in [9.17, 15) is 19.2 Å². The largest absolute Gasteiger partial charge is 0.462 e. The Morgan fingerprint density at radius 2 is 1.67 bits per heavy atom. The molecular formula is C27H23NO7S. The van der Waals surface area contributed by atoms with Crippen molar-refractivity contribution < 1.29 is 28.3 Å². The number of amides is 1. The average molecular weight is 506 g/mol. The highest BCUT2D eigenvalue weighted by atomic mass is 32.1. The lowest BCUT2D eigenvalue weighted by molar-refractivity contribution is 0.0527. The van der Waals surface area contributed by atoms with Gasteiger partial charge in [-0.1, -0.05) is 30.3 Å². The van der Waals surface area contributed by atoms with E-state index in [1.165, 1.54) is 0 Å². The molecular weight excluding hydrogens is 482 g/mol. The van der Waals surface area contributed by atoms with E-state index in [2.05, 4.69) is 5.32 Å². The SMILES string of the molecule is CCOC(=O)c1sc(NC(=O)c2cccc(-c3cc4ccccc4oc3=O)c2)c(C(=O)OCC)c1C. The second kappa shape index (κ2) is 10.6. The zero-order chi connectivity index (χ0) is 25.8. The fourth-order valence-corrected chi connectivity index (χ4v) is 4.79. The molecule has 2 aromatic heterocycles. The Labute approximate surface area is 210 Å². The number of benzene rings is 2. The van der Waals surface area contributed by atoms with Crippen molar-refractivity contribution in [2.75, 3.05) is 18.5 Å². The number of esters is 2. The summed E-state index contributed by atoms with van der Waals surface area (Å²) in [5.41, 5.74) is 1.48. The molecule has 9 heteroatoms. The predicted molar refractivity (Wildman–Crippen MR) is 137 cm³/mol. The number of carbonyl (C=O) groups excluding carboxylic acids is 3. The molecule has 36 heavy (non-hydrogen) atoms. The van der Waals surface area contributed by atoms with Gasteiger partial charge in [0.1, 0.15) is 15.5 Å². The van der Waals surface area contributed by atoms with Crippen LogP contribution >= 0.6 is 11.3 Å². The number of anilines is 1. The molecule has 0 radical (unpaired) electrons. The van der Waals surface area contributed by atoms with Gasteiger partial charge >= 0.3 is 17.6 Å². The Morgan fingerprint density at radius 3 is 2.42 bits per heavy atom. The zero-order valence-corrected chi connectivity index (χ0v) is 20.7. The first-order chi connectivity index (χ1) is 17.3. The van der Waals surface area contributed by atoms with Gasteiger partial charge in [-0.25, -0.2) is 14.4 Å². The summed E-state index contributed by atoms with van der Waals surface area (Å²) >= 11 is 0.943. The van der Waals surface area contributed by atoms with Gasteiger partial charge < -0.3 is 19.2 Å². The highest BCUT2D eigenvalue weighted by Gasteiger charge is 2.27. The van der Waals surface area contributed by atoms with Crippen molar-refractivity contribution in [1.29, 1.82) is 0 Å². The van der Waals surface area contributed by atoms with Crippen LogP contribution < -0.4 is 10.9 Å². The predicted octanol–water partition coefficient (Wildman–Crippen LogP) is 5.44. The summed E-state index contributed by atoms with van der Waals surface area (Å²) in [6.07, 6.45) is 0. The van der Waals surface area contributed by atoms with E-state index in [0.29, 0.717) is 22.3 Å². The molecule has 0 aliphatic carbocycles. The van der Waals surface area contributed by atoms with Crippen LogP contribution in [0.4, 0.5) is 5.00 Å². The summed E-state index contributed by atoms with van der Waals surface area (Å²) in [6.45, 7) is 5.25. The minimum absolute atomic E-state index is 0.101. The third-order valence-corrected chi connectivity index (χ3v) is 6.58. The molecule has 0 saturated heterocycles. The Balaban J connectivity index is 1.69. The number of ether oxygens (including phenoxy) is 2. The Hall–Kier alpha value is -4.24. The van der Waals surface area contributed by atoms with Crippen LogP contribution in [0.5, 0.6) is 0 Å². The van der Waals surface area contributed by atoms with Crippen LogP contribution in [0.15, 0.2) is 63.8 Å². The van der Waals surface area contributed by atoms with Crippen molar-refractivity contribution >= 4 is 45.2 Å². The summed E-state index contributed by atoms with van der Waals surface area (Å²) in [6, 6.07) is 15.4. The lowest BCUT2D eigenvalue weighted by atomic mass is 10.0. The van der Waals surface area contributed by atoms with Crippen LogP contribution in [0.3, 0.4) is 0 Å². The Morgan fingerprint density at radius 1 is 0.944 bits per heavy atom. The number of para-hydroxylation sites is 1. The van der Waals surface area contributed by atoms with E-state index in [4.69, 9.17) is 13.9 Å². The summed E-state index contributed by atoms with van der Waals surface area (Å²) in [4.78, 5) is 51.0. The third kappa shape index (κ3) is 4.92. The quantitative estimate of drug-likeness (QED) is 0.263. The molecule has 184 valence electrons. The van der Waals surface area contributed by atoms with Crippen molar-refractivity contribution in [3.8, 4) is 11.1 Å². The maximum Gasteiger partial charge on any atom is 0.348 e. The molecule has 1 N–H and O–H groups in total. The second-order valence-corrected chi connectivity index (χ2v) is 8.74. The van der Waals surface area contributed by atoms with Crippen molar-refractivity contribution in [3.63, 3.8) is 0 Å². The smallest absolute Gasteiger partial charge is 0.348 e. The topological polar surface area (TPSA) is 112 Å². The number of hydrogen-bond donors (Lipinski definition) is 1. The molecule has 8 nitrogen and oxygen atoms in total. The molecule has 0 saturated carbocycles. The van der Waals surface area contributed by atoms with Gasteiger partial charge in [0.05, 0.1) is 24.3 Å². The third-order valence-electron chi connectivity index (χ3n) is 5.39. The van der Waals surface area contributed by atoms with Gasteiger partial charge in [-0.05, 0) is 56.2 Å². The average Bonchev–Trinajstić information content (AvgIpc) is 3.19.